The van der Waals surface area contributed by atoms with Crippen LogP contribution in [0.25, 0.3) is 5.69 Å². The largest absolute Gasteiger partial charge is 0.494 e. The van der Waals surface area contributed by atoms with E-state index < -0.39 is 5.25 Å². The molecule has 0 saturated carbocycles. The average Bonchev–Trinajstić information content (AvgIpc) is 3.26. The summed E-state index contributed by atoms with van der Waals surface area (Å²) in [6.07, 6.45) is 3.28. The maximum atomic E-state index is 13.5. The van der Waals surface area contributed by atoms with Crippen LogP contribution in [0.15, 0.2) is 53.7 Å². The van der Waals surface area contributed by atoms with Crippen LogP contribution in [0.4, 0.5) is 0 Å². The van der Waals surface area contributed by atoms with Crippen molar-refractivity contribution in [2.75, 3.05) is 20.2 Å². The van der Waals surface area contributed by atoms with E-state index >= 15 is 0 Å². The molecule has 1 aliphatic rings. The number of ether oxygens (including phenoxy) is 1. The minimum atomic E-state index is -0.412. The second-order valence-corrected chi connectivity index (χ2v) is 8.42. The Labute approximate surface area is 180 Å². The maximum Gasteiger partial charge on any atom is 0.240 e. The van der Waals surface area contributed by atoms with Crippen molar-refractivity contribution < 1.29 is 9.53 Å². The predicted molar refractivity (Wildman–Crippen MR) is 116 cm³/mol. The van der Waals surface area contributed by atoms with Crippen molar-refractivity contribution in [1.29, 1.82) is 0 Å². The average molecular weight is 424 g/mol. The Bertz CT molecular complexity index is 1000. The van der Waals surface area contributed by atoms with E-state index in [4.69, 9.17) is 4.74 Å². The number of likely N-dealkylation sites (tertiary alicyclic amines) is 1. The minimum absolute atomic E-state index is 0.108. The Morgan fingerprint density at radius 1 is 1.10 bits per heavy atom. The Balaban J connectivity index is 1.69. The highest BCUT2D eigenvalue weighted by molar-refractivity contribution is 8.00. The molecule has 2 heterocycles. The molecule has 1 aliphatic heterocycles. The zero-order chi connectivity index (χ0) is 20.9. The molecular weight excluding hydrogens is 398 g/mol. The number of hydrogen-bond acceptors (Lipinski definition) is 6. The highest BCUT2D eigenvalue weighted by Crippen LogP contribution is 2.38. The van der Waals surface area contributed by atoms with E-state index in [1.165, 1.54) is 18.2 Å². The lowest BCUT2D eigenvalue weighted by molar-refractivity contribution is -0.131. The van der Waals surface area contributed by atoms with Crippen LogP contribution in [0.5, 0.6) is 5.75 Å². The summed E-state index contributed by atoms with van der Waals surface area (Å²) in [5.41, 5.74) is 2.77. The number of methoxy groups -OCH3 is 1. The number of piperidine rings is 1. The molecule has 156 valence electrons. The van der Waals surface area contributed by atoms with Crippen molar-refractivity contribution in [3.63, 3.8) is 0 Å². The van der Waals surface area contributed by atoms with Crippen LogP contribution in [-0.2, 0) is 4.79 Å². The fourth-order valence-corrected chi connectivity index (χ4v) is 4.72. The van der Waals surface area contributed by atoms with Gasteiger partial charge in [0, 0.05) is 13.1 Å². The number of carbonyl (C=O) groups is 1. The normalized spacial score (nSPS) is 15.1. The Morgan fingerprint density at radius 2 is 1.87 bits per heavy atom. The summed E-state index contributed by atoms with van der Waals surface area (Å²) in [7, 11) is 1.62. The van der Waals surface area contributed by atoms with Crippen LogP contribution in [0, 0.1) is 6.92 Å². The Kier molecular flexibility index (Phi) is 6.32. The zero-order valence-electron chi connectivity index (χ0n) is 17.2. The first-order chi connectivity index (χ1) is 14.7. The molecule has 1 atom stereocenters. The lowest BCUT2D eigenvalue weighted by Gasteiger charge is -2.30. The van der Waals surface area contributed by atoms with Gasteiger partial charge in [0.15, 0.2) is 0 Å². The van der Waals surface area contributed by atoms with E-state index in [9.17, 15) is 4.79 Å². The van der Waals surface area contributed by atoms with Gasteiger partial charge in [-0.1, -0.05) is 48.2 Å². The molecule has 1 saturated heterocycles. The van der Waals surface area contributed by atoms with Crippen molar-refractivity contribution in [2.45, 2.75) is 36.6 Å². The third-order valence-electron chi connectivity index (χ3n) is 5.22. The maximum absolute atomic E-state index is 13.5. The molecule has 0 spiro atoms. The van der Waals surface area contributed by atoms with Gasteiger partial charge in [-0.05, 0) is 59.9 Å². The Morgan fingerprint density at radius 3 is 2.60 bits per heavy atom. The summed E-state index contributed by atoms with van der Waals surface area (Å²) in [4.78, 5) is 15.4. The van der Waals surface area contributed by atoms with Crippen LogP contribution in [0.1, 0.15) is 35.6 Å². The number of aryl methyl sites for hydroxylation is 1. The number of rotatable bonds is 6. The molecule has 1 fully saturated rings. The topological polar surface area (TPSA) is 73.1 Å². The van der Waals surface area contributed by atoms with Crippen molar-refractivity contribution in [3.8, 4) is 11.4 Å². The summed E-state index contributed by atoms with van der Waals surface area (Å²) in [6.45, 7) is 3.62. The zero-order valence-corrected chi connectivity index (χ0v) is 18.0. The number of benzene rings is 2. The van der Waals surface area contributed by atoms with Gasteiger partial charge in [0.1, 0.15) is 16.7 Å². The van der Waals surface area contributed by atoms with E-state index in [2.05, 4.69) is 15.5 Å². The first kappa shape index (κ1) is 20.4. The van der Waals surface area contributed by atoms with Crippen LogP contribution < -0.4 is 4.74 Å². The van der Waals surface area contributed by atoms with Crippen LogP contribution in [0.2, 0.25) is 0 Å². The van der Waals surface area contributed by atoms with Crippen LogP contribution >= 0.6 is 11.8 Å². The highest BCUT2D eigenvalue weighted by Gasteiger charge is 2.30. The molecule has 8 heteroatoms. The van der Waals surface area contributed by atoms with E-state index in [0.29, 0.717) is 10.9 Å². The number of hydrogen-bond donors (Lipinski definition) is 0. The minimum Gasteiger partial charge on any atom is -0.494 e. The first-order valence-corrected chi connectivity index (χ1v) is 11.0. The molecule has 4 rings (SSSR count). The number of thioether (sulfide) groups is 1. The second-order valence-electron chi connectivity index (χ2n) is 7.34. The van der Waals surface area contributed by atoms with Gasteiger partial charge >= 0.3 is 0 Å². The van der Waals surface area contributed by atoms with Crippen LogP contribution in [-0.4, -0.2) is 51.2 Å². The second kappa shape index (κ2) is 9.30. The quantitative estimate of drug-likeness (QED) is 0.561. The van der Waals surface area contributed by atoms with Gasteiger partial charge in [0.05, 0.1) is 7.11 Å². The van der Waals surface area contributed by atoms with E-state index in [1.54, 1.807) is 11.8 Å². The van der Waals surface area contributed by atoms with E-state index in [-0.39, 0.29) is 5.91 Å². The molecule has 0 radical (unpaired) electrons. The molecule has 1 amide bonds. The lowest BCUT2D eigenvalue weighted by atomic mass is 10.1. The highest BCUT2D eigenvalue weighted by atomic mass is 32.2. The molecule has 2 aromatic carbocycles. The first-order valence-electron chi connectivity index (χ1n) is 10.1. The van der Waals surface area contributed by atoms with Gasteiger partial charge < -0.3 is 9.64 Å². The molecule has 30 heavy (non-hydrogen) atoms. The summed E-state index contributed by atoms with van der Waals surface area (Å²) in [5.74, 6) is 0.782. The fraction of sp³-hybridized carbons (Fsp3) is 0.364. The monoisotopic (exact) mass is 423 g/mol. The molecule has 1 unspecified atom stereocenters. The van der Waals surface area contributed by atoms with Gasteiger partial charge in [-0.3, -0.25) is 4.79 Å². The van der Waals surface area contributed by atoms with Gasteiger partial charge in [-0.25, -0.2) is 0 Å². The van der Waals surface area contributed by atoms with Gasteiger partial charge in [-0.15, -0.1) is 5.10 Å². The molecule has 0 aliphatic carbocycles. The van der Waals surface area contributed by atoms with Gasteiger partial charge in [0.25, 0.3) is 0 Å². The molecule has 0 bridgehead atoms. The van der Waals surface area contributed by atoms with Gasteiger partial charge in [-0.2, -0.15) is 4.68 Å². The summed E-state index contributed by atoms with van der Waals surface area (Å²) < 4.78 is 7.16. The van der Waals surface area contributed by atoms with Crippen molar-refractivity contribution in [3.05, 3.63) is 59.7 Å². The SMILES string of the molecule is COc1ccc(C)cc1-n1nnnc1SC(C(=O)N1CCCCC1)c1ccccc1. The van der Waals surface area contributed by atoms with Crippen molar-refractivity contribution in [2.24, 2.45) is 0 Å². The smallest absolute Gasteiger partial charge is 0.240 e. The Hall–Kier alpha value is -2.87. The lowest BCUT2D eigenvalue weighted by Crippen LogP contribution is -2.38. The standard InChI is InChI=1S/C22H25N5O2S/c1-16-11-12-19(29-2)18(15-16)27-22(23-24-25-27)30-20(17-9-5-3-6-10-17)21(28)26-13-7-4-8-14-26/h3,5-6,9-12,15,20H,4,7-8,13-14H2,1-2H3. The number of tetrazole rings is 1. The van der Waals surface area contributed by atoms with Crippen molar-refractivity contribution in [1.82, 2.24) is 25.1 Å². The molecule has 3 aromatic rings. The van der Waals surface area contributed by atoms with Gasteiger partial charge in [0.2, 0.25) is 11.1 Å². The summed E-state index contributed by atoms with van der Waals surface area (Å²) in [6, 6.07) is 15.7. The van der Waals surface area contributed by atoms with E-state index in [1.807, 2.05) is 60.4 Å². The summed E-state index contributed by atoms with van der Waals surface area (Å²) in [5, 5.41) is 12.4. The molecular formula is C22H25N5O2S. The fourth-order valence-electron chi connectivity index (χ4n) is 3.64. The third-order valence-corrected chi connectivity index (χ3v) is 6.40. The number of amides is 1. The van der Waals surface area contributed by atoms with Crippen LogP contribution in [0.3, 0.4) is 0 Å². The summed E-state index contributed by atoms with van der Waals surface area (Å²) >= 11 is 1.38. The number of nitrogens with zero attached hydrogens (tertiary/aromatic N) is 5. The van der Waals surface area contributed by atoms with E-state index in [0.717, 1.165) is 42.7 Å². The number of carbonyl (C=O) groups excluding carboxylic acids is 1. The number of aromatic nitrogens is 4. The molecule has 7 nitrogen and oxygen atoms in total. The van der Waals surface area contributed by atoms with Crippen molar-refractivity contribution >= 4 is 17.7 Å². The molecule has 0 N–H and O–H groups in total. The predicted octanol–water partition coefficient (Wildman–Crippen LogP) is 3.83. The third kappa shape index (κ3) is 4.33. The molecule has 1 aromatic heterocycles.